The van der Waals surface area contributed by atoms with Crippen LogP contribution < -0.4 is 10.1 Å². The maximum absolute atomic E-state index is 11.9. The van der Waals surface area contributed by atoms with Crippen molar-refractivity contribution in [2.24, 2.45) is 0 Å². The van der Waals surface area contributed by atoms with Crippen molar-refractivity contribution >= 4 is 28.2 Å². The minimum Gasteiger partial charge on any atom is -0.495 e. The Hall–Kier alpha value is -2.34. The van der Waals surface area contributed by atoms with Gasteiger partial charge >= 0.3 is 0 Å². The number of halogens is 1. The first kappa shape index (κ1) is 21.9. The molecule has 0 amide bonds. The highest BCUT2D eigenvalue weighted by Crippen LogP contribution is 2.54. The second-order valence-electron chi connectivity index (χ2n) is 9.38. The highest BCUT2D eigenvalue weighted by molar-refractivity contribution is 6.32. The summed E-state index contributed by atoms with van der Waals surface area (Å²) >= 11 is 6.41. The minimum atomic E-state index is -1.56. The predicted molar refractivity (Wildman–Crippen MR) is 125 cm³/mol. The number of aryl methyl sites for hydroxylation is 1. The zero-order valence-corrected chi connectivity index (χ0v) is 19.3. The van der Waals surface area contributed by atoms with E-state index in [1.54, 1.807) is 26.2 Å². The summed E-state index contributed by atoms with van der Waals surface area (Å²) in [5.41, 5.74) is 0.736. The van der Waals surface area contributed by atoms with E-state index in [0.717, 1.165) is 27.8 Å². The van der Waals surface area contributed by atoms with Crippen molar-refractivity contribution < 1.29 is 14.9 Å². The van der Waals surface area contributed by atoms with Crippen LogP contribution in [-0.2, 0) is 11.0 Å². The van der Waals surface area contributed by atoms with Crippen molar-refractivity contribution in [2.45, 2.75) is 50.7 Å². The van der Waals surface area contributed by atoms with E-state index in [-0.39, 0.29) is 6.54 Å². The summed E-state index contributed by atoms with van der Waals surface area (Å²) in [4.78, 5) is 4.58. The number of hydrogen-bond acceptors (Lipinski definition) is 5. The number of ether oxygens (including phenoxy) is 1. The minimum absolute atomic E-state index is 0.112. The molecule has 3 N–H and O–H groups in total. The van der Waals surface area contributed by atoms with E-state index >= 15 is 0 Å². The summed E-state index contributed by atoms with van der Waals surface area (Å²) in [6, 6.07) is 13.3. The second-order valence-corrected chi connectivity index (χ2v) is 9.78. The van der Waals surface area contributed by atoms with Crippen LogP contribution in [0, 0.1) is 6.92 Å². The maximum atomic E-state index is 11.9. The average molecular weight is 441 g/mol. The highest BCUT2D eigenvalue weighted by atomic mass is 35.5. The number of pyridine rings is 1. The molecule has 0 saturated carbocycles. The molecule has 0 aliphatic heterocycles. The fourth-order valence-corrected chi connectivity index (χ4v) is 5.31. The van der Waals surface area contributed by atoms with Gasteiger partial charge in [-0.3, -0.25) is 4.98 Å². The summed E-state index contributed by atoms with van der Waals surface area (Å²) in [5, 5.41) is 28.2. The van der Waals surface area contributed by atoms with Crippen LogP contribution >= 0.6 is 11.6 Å². The fourth-order valence-electron chi connectivity index (χ4n) is 5.08. The number of nitrogens with zero attached hydrogens (tertiary/aromatic N) is 1. The van der Waals surface area contributed by atoms with E-state index in [1.807, 2.05) is 51.1 Å². The zero-order valence-electron chi connectivity index (χ0n) is 18.6. The molecule has 2 unspecified atom stereocenters. The molecule has 0 bridgehead atoms. The Morgan fingerprint density at radius 3 is 2.55 bits per heavy atom. The van der Waals surface area contributed by atoms with Crippen molar-refractivity contribution in [1.29, 1.82) is 0 Å². The molecule has 0 radical (unpaired) electrons. The van der Waals surface area contributed by atoms with Crippen LogP contribution in [0.25, 0.3) is 10.9 Å². The van der Waals surface area contributed by atoms with Gasteiger partial charge < -0.3 is 20.3 Å². The molecule has 1 heterocycles. The van der Waals surface area contributed by atoms with Crippen LogP contribution in [0.15, 0.2) is 42.5 Å². The average Bonchev–Trinajstić information content (AvgIpc) is 2.69. The molecular weight excluding hydrogens is 412 g/mol. The number of rotatable bonds is 4. The molecule has 1 aromatic heterocycles. The number of anilines is 1. The number of aromatic nitrogens is 1. The monoisotopic (exact) mass is 440 g/mol. The van der Waals surface area contributed by atoms with Crippen LogP contribution in [0.2, 0.25) is 5.02 Å². The second kappa shape index (κ2) is 7.37. The van der Waals surface area contributed by atoms with Crippen molar-refractivity contribution in [3.63, 3.8) is 0 Å². The Morgan fingerprint density at radius 2 is 1.84 bits per heavy atom. The molecule has 6 heteroatoms. The van der Waals surface area contributed by atoms with E-state index in [9.17, 15) is 10.2 Å². The van der Waals surface area contributed by atoms with Gasteiger partial charge in [-0.15, -0.1) is 0 Å². The Kier molecular flexibility index (Phi) is 5.20. The largest absolute Gasteiger partial charge is 0.495 e. The Bertz CT molecular complexity index is 1160. The molecule has 5 nitrogen and oxygen atoms in total. The van der Waals surface area contributed by atoms with E-state index in [1.165, 1.54) is 0 Å². The number of hydrogen-bond donors (Lipinski definition) is 3. The molecule has 4 rings (SSSR count). The quantitative estimate of drug-likeness (QED) is 0.536. The zero-order chi connectivity index (χ0) is 22.6. The lowest BCUT2D eigenvalue weighted by molar-refractivity contribution is -0.160. The van der Waals surface area contributed by atoms with Crippen molar-refractivity contribution in [3.05, 3.63) is 64.3 Å². The molecule has 2 atom stereocenters. The predicted octanol–water partition coefficient (Wildman–Crippen LogP) is 4.94. The van der Waals surface area contributed by atoms with Crippen LogP contribution in [0.1, 0.15) is 44.0 Å². The van der Waals surface area contributed by atoms with E-state index in [2.05, 4.69) is 10.3 Å². The van der Waals surface area contributed by atoms with Gasteiger partial charge in [0.1, 0.15) is 11.4 Å². The van der Waals surface area contributed by atoms with E-state index in [4.69, 9.17) is 16.3 Å². The van der Waals surface area contributed by atoms with Gasteiger partial charge in [0.15, 0.2) is 0 Å². The number of methoxy groups -OCH3 is 1. The fraction of sp³-hybridized carbons (Fsp3) is 0.400. The lowest BCUT2D eigenvalue weighted by atomic mass is 9.59. The van der Waals surface area contributed by atoms with Gasteiger partial charge in [-0.1, -0.05) is 37.6 Å². The van der Waals surface area contributed by atoms with Crippen molar-refractivity contribution in [1.82, 2.24) is 4.98 Å². The molecule has 31 heavy (non-hydrogen) atoms. The first-order chi connectivity index (χ1) is 14.5. The number of aliphatic hydroxyl groups is 2. The topological polar surface area (TPSA) is 74.6 Å². The third-order valence-corrected chi connectivity index (χ3v) is 6.82. The van der Waals surface area contributed by atoms with Gasteiger partial charge in [-0.05, 0) is 61.6 Å². The summed E-state index contributed by atoms with van der Waals surface area (Å²) in [5.74, 6) is 0.544. The van der Waals surface area contributed by atoms with Gasteiger partial charge in [0, 0.05) is 22.3 Å². The summed E-state index contributed by atoms with van der Waals surface area (Å²) in [6.07, 6.45) is 0.345. The summed E-state index contributed by atoms with van der Waals surface area (Å²) in [7, 11) is 1.58. The van der Waals surface area contributed by atoms with E-state index in [0.29, 0.717) is 22.8 Å². The van der Waals surface area contributed by atoms with Gasteiger partial charge in [0.25, 0.3) is 0 Å². The van der Waals surface area contributed by atoms with Crippen molar-refractivity contribution in [2.75, 3.05) is 19.0 Å². The van der Waals surface area contributed by atoms with Crippen LogP contribution in [-0.4, -0.2) is 34.5 Å². The third kappa shape index (κ3) is 3.45. The summed E-state index contributed by atoms with van der Waals surface area (Å²) in [6.45, 7) is 7.82. The van der Waals surface area contributed by atoms with Crippen molar-refractivity contribution in [3.8, 4) is 5.75 Å². The number of nitrogens with one attached hydrogen (secondary N) is 1. The summed E-state index contributed by atoms with van der Waals surface area (Å²) < 4.78 is 5.62. The van der Waals surface area contributed by atoms with Gasteiger partial charge in [0.2, 0.25) is 0 Å². The molecule has 164 valence electrons. The van der Waals surface area contributed by atoms with Crippen LogP contribution in [0.5, 0.6) is 5.75 Å². The standard InChI is InChI=1S/C25H29ClN2O3/c1-15-9-10-16-19(7-6-8-20(16)28-15)27-14-25(30)17-11-12-18(26)22(31-5)21(17)23(2,3)13-24(25,4)29/h6-12,27,29-30H,13-14H2,1-5H3. The molecule has 0 spiro atoms. The Balaban J connectivity index is 1.81. The highest BCUT2D eigenvalue weighted by Gasteiger charge is 2.56. The normalized spacial score (nSPS) is 24.6. The molecule has 3 aromatic rings. The van der Waals surface area contributed by atoms with Crippen LogP contribution in [0.3, 0.4) is 0 Å². The lowest BCUT2D eigenvalue weighted by Gasteiger charge is -2.52. The van der Waals surface area contributed by atoms with Gasteiger partial charge in [0.05, 0.1) is 29.8 Å². The van der Waals surface area contributed by atoms with Crippen LogP contribution in [0.4, 0.5) is 5.69 Å². The maximum Gasteiger partial charge on any atom is 0.141 e. The molecular formula is C25H29ClN2O3. The number of benzene rings is 2. The van der Waals surface area contributed by atoms with Gasteiger partial charge in [-0.25, -0.2) is 0 Å². The SMILES string of the molecule is COc1c(Cl)ccc2c1C(C)(C)CC(C)(O)C2(O)CNc1cccc2nc(C)ccc12. The third-order valence-electron chi connectivity index (χ3n) is 6.52. The molecule has 1 aliphatic carbocycles. The molecule has 0 fully saturated rings. The smallest absolute Gasteiger partial charge is 0.141 e. The molecule has 1 aliphatic rings. The number of fused-ring (bicyclic) bond motifs is 2. The molecule has 2 aromatic carbocycles. The Labute approximate surface area is 188 Å². The first-order valence-corrected chi connectivity index (χ1v) is 10.8. The van der Waals surface area contributed by atoms with E-state index < -0.39 is 16.6 Å². The first-order valence-electron chi connectivity index (χ1n) is 10.4. The Morgan fingerprint density at radius 1 is 1.10 bits per heavy atom. The van der Waals surface area contributed by atoms with Gasteiger partial charge in [-0.2, -0.15) is 0 Å². The lowest BCUT2D eigenvalue weighted by Crippen LogP contribution is -2.60. The molecule has 0 saturated heterocycles.